The molecule has 6 heteroatoms. The summed E-state index contributed by atoms with van der Waals surface area (Å²) in [6, 6.07) is 8.89. The summed E-state index contributed by atoms with van der Waals surface area (Å²) in [7, 11) is 1.35. The van der Waals surface area contributed by atoms with Crippen LogP contribution < -0.4 is 0 Å². The molecule has 2 rings (SSSR count). The quantitative estimate of drug-likeness (QED) is 0.903. The lowest BCUT2D eigenvalue weighted by molar-refractivity contribution is -0.153. The number of hydrogen-bond acceptors (Lipinski definition) is 4. The summed E-state index contributed by atoms with van der Waals surface area (Å²) in [5, 5.41) is 9.23. The van der Waals surface area contributed by atoms with E-state index in [2.05, 4.69) is 0 Å². The van der Waals surface area contributed by atoms with Crippen molar-refractivity contribution < 1.29 is 24.2 Å². The summed E-state index contributed by atoms with van der Waals surface area (Å²) >= 11 is 0. The Morgan fingerprint density at radius 3 is 2.68 bits per heavy atom. The van der Waals surface area contributed by atoms with E-state index in [0.29, 0.717) is 13.0 Å². The maximum absolute atomic E-state index is 12.3. The summed E-state index contributed by atoms with van der Waals surface area (Å²) in [6.45, 7) is 0.666. The lowest BCUT2D eigenvalue weighted by Gasteiger charge is -2.37. The standard InChI is InChI=1S/C16H21NO5/c1-21-14(15(18)19)13-9-5-6-10-17(13)16(20)22-11-12-7-3-2-4-8-12/h2-4,7-8,13-14H,5-6,9-11H2,1H3,(H,18,19). The summed E-state index contributed by atoms with van der Waals surface area (Å²) in [6.07, 6.45) is 0.805. The number of nitrogens with zero attached hydrogens (tertiary/aromatic N) is 1. The summed E-state index contributed by atoms with van der Waals surface area (Å²) < 4.78 is 10.4. The molecule has 1 aliphatic rings. The third-order valence-electron chi connectivity index (χ3n) is 3.84. The van der Waals surface area contributed by atoms with Crippen LogP contribution in [0.1, 0.15) is 24.8 Å². The highest BCUT2D eigenvalue weighted by Gasteiger charge is 2.37. The van der Waals surface area contributed by atoms with Crippen LogP contribution in [0.5, 0.6) is 0 Å². The number of carbonyl (C=O) groups is 2. The molecule has 1 heterocycles. The molecule has 1 aliphatic heterocycles. The molecule has 0 saturated carbocycles. The topological polar surface area (TPSA) is 76.1 Å². The van der Waals surface area contributed by atoms with Gasteiger partial charge in [0.2, 0.25) is 0 Å². The highest BCUT2D eigenvalue weighted by Crippen LogP contribution is 2.22. The number of aliphatic carboxylic acids is 1. The number of piperidine rings is 1. The molecule has 1 saturated heterocycles. The molecule has 1 aromatic rings. The Balaban J connectivity index is 2.00. The first kappa shape index (κ1) is 16.3. The largest absolute Gasteiger partial charge is 0.479 e. The normalized spacial score (nSPS) is 19.5. The first-order valence-electron chi connectivity index (χ1n) is 7.36. The number of likely N-dealkylation sites (tertiary alicyclic amines) is 1. The Bertz CT molecular complexity index is 505. The molecule has 22 heavy (non-hydrogen) atoms. The predicted molar refractivity (Wildman–Crippen MR) is 79.4 cm³/mol. The molecule has 2 atom stereocenters. The van der Waals surface area contributed by atoms with E-state index < -0.39 is 24.2 Å². The molecule has 0 spiro atoms. The summed E-state index contributed by atoms with van der Waals surface area (Å²) in [5.41, 5.74) is 0.894. The molecule has 2 unspecified atom stereocenters. The Morgan fingerprint density at radius 2 is 2.05 bits per heavy atom. The van der Waals surface area contributed by atoms with Crippen molar-refractivity contribution in [2.75, 3.05) is 13.7 Å². The van der Waals surface area contributed by atoms with Crippen molar-refractivity contribution in [2.24, 2.45) is 0 Å². The van der Waals surface area contributed by atoms with Crippen molar-refractivity contribution in [1.29, 1.82) is 0 Å². The number of benzene rings is 1. The van der Waals surface area contributed by atoms with Gasteiger partial charge in [0.05, 0.1) is 6.04 Å². The number of rotatable bonds is 5. The van der Waals surface area contributed by atoms with Gasteiger partial charge in [-0.2, -0.15) is 0 Å². The predicted octanol–water partition coefficient (Wildman–Crippen LogP) is 2.28. The van der Waals surface area contributed by atoms with Crippen LogP contribution in [-0.2, 0) is 20.9 Å². The van der Waals surface area contributed by atoms with Crippen molar-refractivity contribution in [1.82, 2.24) is 4.90 Å². The van der Waals surface area contributed by atoms with Crippen molar-refractivity contribution in [3.8, 4) is 0 Å². The van der Waals surface area contributed by atoms with Gasteiger partial charge in [-0.3, -0.25) is 0 Å². The van der Waals surface area contributed by atoms with Gasteiger partial charge in [0.15, 0.2) is 6.10 Å². The van der Waals surface area contributed by atoms with Gasteiger partial charge in [-0.05, 0) is 24.8 Å². The number of carboxylic acid groups (broad SMARTS) is 1. The van der Waals surface area contributed by atoms with E-state index in [1.165, 1.54) is 12.0 Å². The smallest absolute Gasteiger partial charge is 0.410 e. The first-order valence-corrected chi connectivity index (χ1v) is 7.36. The SMILES string of the molecule is COC(C(=O)O)C1CCCCN1C(=O)OCc1ccccc1. The van der Waals surface area contributed by atoms with E-state index in [9.17, 15) is 14.7 Å². The Labute approximate surface area is 129 Å². The van der Waals surface area contributed by atoms with E-state index in [1.54, 1.807) is 0 Å². The number of hydrogen-bond donors (Lipinski definition) is 1. The molecule has 1 amide bonds. The van der Waals surface area contributed by atoms with Crippen LogP contribution in [0.4, 0.5) is 4.79 Å². The van der Waals surface area contributed by atoms with Crippen LogP contribution in [0.3, 0.4) is 0 Å². The average molecular weight is 307 g/mol. The summed E-state index contributed by atoms with van der Waals surface area (Å²) in [4.78, 5) is 25.0. The summed E-state index contributed by atoms with van der Waals surface area (Å²) in [5.74, 6) is -1.06. The van der Waals surface area contributed by atoms with Gasteiger partial charge >= 0.3 is 12.1 Å². The third kappa shape index (κ3) is 3.98. The maximum Gasteiger partial charge on any atom is 0.410 e. The monoisotopic (exact) mass is 307 g/mol. The fourth-order valence-electron chi connectivity index (χ4n) is 2.72. The molecule has 0 aromatic heterocycles. The van der Waals surface area contributed by atoms with Gasteiger partial charge in [0.25, 0.3) is 0 Å². The lowest BCUT2D eigenvalue weighted by atomic mass is 9.97. The van der Waals surface area contributed by atoms with Gasteiger partial charge in [-0.1, -0.05) is 30.3 Å². The Kier molecular flexibility index (Phi) is 5.77. The fourth-order valence-corrected chi connectivity index (χ4v) is 2.72. The molecule has 1 aromatic carbocycles. The molecule has 1 N–H and O–H groups in total. The van der Waals surface area contributed by atoms with Crippen molar-refractivity contribution >= 4 is 12.1 Å². The second kappa shape index (κ2) is 7.79. The van der Waals surface area contributed by atoms with Crippen molar-refractivity contribution in [3.63, 3.8) is 0 Å². The highest BCUT2D eigenvalue weighted by atomic mass is 16.6. The minimum atomic E-state index is -1.06. The first-order chi connectivity index (χ1) is 10.6. The van der Waals surface area contributed by atoms with Gasteiger partial charge in [-0.25, -0.2) is 9.59 Å². The van der Waals surface area contributed by atoms with Gasteiger partial charge in [0.1, 0.15) is 6.61 Å². The number of amides is 1. The molecule has 120 valence electrons. The van der Waals surface area contributed by atoms with E-state index in [1.807, 2.05) is 30.3 Å². The molecular formula is C16H21NO5. The molecule has 0 radical (unpaired) electrons. The number of carbonyl (C=O) groups excluding carboxylic acids is 1. The lowest BCUT2D eigenvalue weighted by Crippen LogP contribution is -2.53. The zero-order valence-corrected chi connectivity index (χ0v) is 12.6. The minimum Gasteiger partial charge on any atom is -0.479 e. The van der Waals surface area contributed by atoms with Crippen LogP contribution in [-0.4, -0.2) is 47.9 Å². The maximum atomic E-state index is 12.3. The van der Waals surface area contributed by atoms with E-state index in [-0.39, 0.29) is 6.61 Å². The average Bonchev–Trinajstić information content (AvgIpc) is 2.54. The number of carboxylic acids is 1. The Morgan fingerprint density at radius 1 is 1.32 bits per heavy atom. The molecule has 0 aliphatic carbocycles. The van der Waals surface area contributed by atoms with Gasteiger partial charge in [-0.15, -0.1) is 0 Å². The number of ether oxygens (including phenoxy) is 2. The number of methoxy groups -OCH3 is 1. The zero-order chi connectivity index (χ0) is 15.9. The molecule has 0 bridgehead atoms. The van der Waals surface area contributed by atoms with Crippen LogP contribution in [0.25, 0.3) is 0 Å². The Hall–Kier alpha value is -2.08. The van der Waals surface area contributed by atoms with E-state index in [4.69, 9.17) is 9.47 Å². The second-order valence-electron chi connectivity index (χ2n) is 5.29. The van der Waals surface area contributed by atoms with Crippen molar-refractivity contribution in [3.05, 3.63) is 35.9 Å². The molecule has 1 fully saturated rings. The van der Waals surface area contributed by atoms with Gasteiger partial charge < -0.3 is 19.5 Å². The highest BCUT2D eigenvalue weighted by molar-refractivity contribution is 5.75. The second-order valence-corrected chi connectivity index (χ2v) is 5.29. The third-order valence-corrected chi connectivity index (χ3v) is 3.84. The molecular weight excluding hydrogens is 286 g/mol. The minimum absolute atomic E-state index is 0.174. The van der Waals surface area contributed by atoms with Crippen LogP contribution in [0.2, 0.25) is 0 Å². The van der Waals surface area contributed by atoms with Crippen LogP contribution in [0.15, 0.2) is 30.3 Å². The van der Waals surface area contributed by atoms with Gasteiger partial charge in [0, 0.05) is 13.7 Å². The van der Waals surface area contributed by atoms with Crippen LogP contribution >= 0.6 is 0 Å². The molecule has 6 nitrogen and oxygen atoms in total. The zero-order valence-electron chi connectivity index (χ0n) is 12.6. The van der Waals surface area contributed by atoms with Crippen LogP contribution in [0, 0.1) is 0 Å². The fraction of sp³-hybridized carbons (Fsp3) is 0.500. The van der Waals surface area contributed by atoms with E-state index in [0.717, 1.165) is 18.4 Å². The van der Waals surface area contributed by atoms with Crippen molar-refractivity contribution in [2.45, 2.75) is 38.0 Å². The van der Waals surface area contributed by atoms with E-state index >= 15 is 0 Å².